The molecule has 1 atom stereocenters. The summed E-state index contributed by atoms with van der Waals surface area (Å²) in [6.07, 6.45) is -14.9. The van der Waals surface area contributed by atoms with Crippen LogP contribution in [0.5, 0.6) is 0 Å². The molecule has 0 amide bonds. The summed E-state index contributed by atoms with van der Waals surface area (Å²) in [4.78, 5) is 0. The van der Waals surface area contributed by atoms with Gasteiger partial charge in [-0.25, -0.2) is 12.8 Å². The molecule has 19 heteroatoms. The van der Waals surface area contributed by atoms with Gasteiger partial charge in [-0.3, -0.25) is 0 Å². The van der Waals surface area contributed by atoms with Crippen molar-refractivity contribution in [1.82, 2.24) is 0 Å². The molecule has 0 saturated carbocycles. The Morgan fingerprint density at radius 2 is 1.04 bits per heavy atom. The Morgan fingerprint density at radius 3 is 1.30 bits per heavy atom. The molecule has 0 radical (unpaired) electrons. The molecular weight excluding hydrogens is 465 g/mol. The molecule has 3 nitrogen and oxygen atoms in total. The van der Waals surface area contributed by atoms with Crippen LogP contribution in [0.1, 0.15) is 6.42 Å². The largest absolute Gasteiger partial charge is 1.00 e. The van der Waals surface area contributed by atoms with Crippen LogP contribution in [0.4, 0.5) is 61.5 Å². The zero-order valence-electron chi connectivity index (χ0n) is 12.2. The summed E-state index contributed by atoms with van der Waals surface area (Å²) < 4.78 is 206. The number of rotatable bonds is 7. The van der Waals surface area contributed by atoms with Gasteiger partial charge in [-0.2, -0.15) is 57.1 Å². The molecule has 0 aromatic carbocycles. The van der Waals surface area contributed by atoms with E-state index in [0.29, 0.717) is 0 Å². The molecule has 0 fully saturated rings. The van der Waals surface area contributed by atoms with E-state index in [1.807, 2.05) is 0 Å². The van der Waals surface area contributed by atoms with Crippen LogP contribution in [0.3, 0.4) is 0 Å². The van der Waals surface area contributed by atoms with Crippen molar-refractivity contribution in [1.29, 1.82) is 0 Å². The second-order valence-electron chi connectivity index (χ2n) is 4.60. The van der Waals surface area contributed by atoms with Crippen molar-refractivity contribution in [2.75, 3.05) is 0 Å². The van der Waals surface area contributed by atoms with Crippen LogP contribution in [0, 0.1) is 0 Å². The second kappa shape index (κ2) is 7.64. The fourth-order valence-corrected chi connectivity index (χ4v) is 1.72. The van der Waals surface area contributed by atoms with Crippen molar-refractivity contribution in [3.8, 4) is 0 Å². The van der Waals surface area contributed by atoms with Gasteiger partial charge in [-0.1, -0.05) is 0 Å². The minimum absolute atomic E-state index is 0. The molecule has 0 aliphatic heterocycles. The van der Waals surface area contributed by atoms with E-state index < -0.39 is 57.8 Å². The first kappa shape index (κ1) is 29.1. The molecule has 0 N–H and O–H groups in total. The third-order valence-corrected chi connectivity index (χ3v) is 3.58. The maximum Gasteiger partial charge on any atom is 1.00 e. The van der Waals surface area contributed by atoms with Crippen molar-refractivity contribution in [2.45, 2.75) is 47.7 Å². The average Bonchev–Trinajstić information content (AvgIpc) is 2.34. The smallest absolute Gasteiger partial charge is 0.743 e. The van der Waals surface area contributed by atoms with Gasteiger partial charge in [-0.05, 0) is 0 Å². The van der Waals surface area contributed by atoms with Gasteiger partial charge < -0.3 is 4.55 Å². The fourth-order valence-electron chi connectivity index (χ4n) is 1.27. The summed E-state index contributed by atoms with van der Waals surface area (Å²) in [6, 6.07) is 0. The topological polar surface area (TPSA) is 57.2 Å². The Kier molecular flexibility index (Phi) is 8.24. The molecule has 0 bridgehead atoms. The van der Waals surface area contributed by atoms with E-state index in [4.69, 9.17) is 0 Å². The Hall–Kier alpha value is -0.0700. The molecule has 1 unspecified atom stereocenters. The van der Waals surface area contributed by atoms with Crippen LogP contribution < -0.4 is 29.6 Å². The van der Waals surface area contributed by atoms with Crippen LogP contribution in [0.25, 0.3) is 0 Å². The molecule has 0 aliphatic rings. The van der Waals surface area contributed by atoms with Crippen LogP contribution in [-0.4, -0.2) is 54.3 Å². The summed E-state index contributed by atoms with van der Waals surface area (Å²) in [7, 11) is -7.86. The molecule has 0 spiro atoms. The molecule has 158 valence electrons. The summed E-state index contributed by atoms with van der Waals surface area (Å²) in [6.45, 7) is 0. The van der Waals surface area contributed by atoms with Crippen molar-refractivity contribution in [3.05, 3.63) is 0 Å². The Morgan fingerprint density at radius 1 is 0.704 bits per heavy atom. The van der Waals surface area contributed by atoms with Crippen LogP contribution in [0.2, 0.25) is 0 Å². The van der Waals surface area contributed by atoms with Crippen molar-refractivity contribution in [3.63, 3.8) is 0 Å². The maximum atomic E-state index is 13.0. The first-order valence-corrected chi connectivity index (χ1v) is 6.84. The molecule has 0 rings (SSSR count). The Balaban J connectivity index is 0. The number of alkyl halides is 14. The van der Waals surface area contributed by atoms with Crippen molar-refractivity contribution >= 4 is 10.1 Å². The average molecular weight is 468 g/mol. The molecule has 0 aromatic rings. The third-order valence-electron chi connectivity index (χ3n) is 2.69. The first-order chi connectivity index (χ1) is 10.9. The van der Waals surface area contributed by atoms with Crippen LogP contribution >= 0.6 is 0 Å². The van der Waals surface area contributed by atoms with Gasteiger partial charge in [0.25, 0.3) is 0 Å². The molecular formula is C8H3F14NaO3S. The minimum Gasteiger partial charge on any atom is -0.743 e. The SMILES string of the molecule is O=S(=O)([O-])C(F)(F)C(F)(F)C(F)(F)C(F)(F)C(F)(F)C(F)CC(F)(F)F.[Na+]. The summed E-state index contributed by atoms with van der Waals surface area (Å²) in [5.41, 5.74) is 0. The van der Waals surface area contributed by atoms with E-state index in [0.717, 1.165) is 0 Å². The van der Waals surface area contributed by atoms with Gasteiger partial charge in [-0.15, -0.1) is 0 Å². The molecule has 0 aliphatic carbocycles. The normalized spacial score (nSPS) is 16.7. The van der Waals surface area contributed by atoms with E-state index in [2.05, 4.69) is 0 Å². The van der Waals surface area contributed by atoms with Crippen LogP contribution in [0.15, 0.2) is 0 Å². The minimum atomic E-state index is -8.18. The van der Waals surface area contributed by atoms with Crippen LogP contribution in [-0.2, 0) is 10.1 Å². The second-order valence-corrected chi connectivity index (χ2v) is 6.02. The zero-order valence-corrected chi connectivity index (χ0v) is 15.0. The van der Waals surface area contributed by atoms with E-state index in [1.165, 1.54) is 0 Å². The number of hydrogen-bond acceptors (Lipinski definition) is 3. The van der Waals surface area contributed by atoms with Gasteiger partial charge >= 0.3 is 64.7 Å². The molecule has 0 heterocycles. The molecule has 0 aromatic heterocycles. The van der Waals surface area contributed by atoms with Gasteiger partial charge in [0, 0.05) is 0 Å². The predicted molar refractivity (Wildman–Crippen MR) is 50.0 cm³/mol. The predicted octanol–water partition coefficient (Wildman–Crippen LogP) is 0.960. The van der Waals surface area contributed by atoms with Gasteiger partial charge in [0.15, 0.2) is 16.3 Å². The zero-order chi connectivity index (χ0) is 21.8. The van der Waals surface area contributed by atoms with E-state index in [9.17, 15) is 74.4 Å². The molecule has 0 saturated heterocycles. The van der Waals surface area contributed by atoms with E-state index in [1.54, 1.807) is 0 Å². The summed E-state index contributed by atoms with van der Waals surface area (Å²) in [5, 5.41) is -7.61. The van der Waals surface area contributed by atoms with Crippen molar-refractivity contribution < 1.29 is 104 Å². The van der Waals surface area contributed by atoms with Crippen molar-refractivity contribution in [2.24, 2.45) is 0 Å². The summed E-state index contributed by atoms with van der Waals surface area (Å²) in [5.74, 6) is -31.6. The quantitative estimate of drug-likeness (QED) is 0.318. The maximum absolute atomic E-state index is 13.0. The third kappa shape index (κ3) is 4.75. The Bertz CT molecular complexity index is 627. The fraction of sp³-hybridized carbons (Fsp3) is 1.00. The van der Waals surface area contributed by atoms with Gasteiger partial charge in [0.1, 0.15) is 0 Å². The monoisotopic (exact) mass is 468 g/mol. The van der Waals surface area contributed by atoms with E-state index in [-0.39, 0.29) is 29.6 Å². The van der Waals surface area contributed by atoms with E-state index >= 15 is 0 Å². The Labute approximate surface area is 162 Å². The summed E-state index contributed by atoms with van der Waals surface area (Å²) >= 11 is 0. The first-order valence-electron chi connectivity index (χ1n) is 5.43. The number of hydrogen-bond donors (Lipinski definition) is 0. The number of halogens is 14. The van der Waals surface area contributed by atoms with Gasteiger partial charge in [0.2, 0.25) is 0 Å². The van der Waals surface area contributed by atoms with Gasteiger partial charge in [0.05, 0.1) is 6.42 Å². The molecule has 27 heavy (non-hydrogen) atoms. The standard InChI is InChI=1S/C8H4F14O3S.Na/c9-2(1-3(10,11)12)4(13,14)5(15,16)6(17,18)7(19,20)8(21,22)26(23,24)25;/h2H,1H2,(H,23,24,25);/q;+1/p-1.